The molecule has 0 aromatic heterocycles. The van der Waals surface area contributed by atoms with E-state index >= 15 is 0 Å². The van der Waals surface area contributed by atoms with Crippen molar-refractivity contribution < 1.29 is 14.5 Å². The highest BCUT2D eigenvalue weighted by atomic mass is 16.8. The first-order chi connectivity index (χ1) is 11.4. The molecule has 0 amide bonds. The molecular weight excluding hydrogens is 304 g/mol. The van der Waals surface area contributed by atoms with Crippen LogP contribution in [-0.2, 0) is 15.9 Å². The van der Waals surface area contributed by atoms with E-state index in [1.54, 1.807) is 0 Å². The van der Waals surface area contributed by atoms with Gasteiger partial charge in [-0.1, -0.05) is 37.3 Å². The van der Waals surface area contributed by atoms with Crippen molar-refractivity contribution >= 4 is 5.84 Å². The second-order valence-electron chi connectivity index (χ2n) is 7.11. The van der Waals surface area contributed by atoms with E-state index < -0.39 is 22.2 Å². The Morgan fingerprint density at radius 2 is 2.00 bits per heavy atom. The van der Waals surface area contributed by atoms with Crippen LogP contribution in [0.15, 0.2) is 30.3 Å². The standard InChI is InChI=1S/C18H18N4O2/c1-12-9-23-18(24-12)17(11-20)15(2,8-13-6-4-3-5-7-13)16(17,10-19)14(21)22-18/h3-7,12H,8-9H2,1-2H3,(H2,21,22)/p+1/t12-,15+,16+,17-,18-/m1/s1. The Labute approximate surface area is 140 Å². The number of fused-ring (bicyclic) bond motifs is 2. The van der Waals surface area contributed by atoms with Gasteiger partial charge in [0.1, 0.15) is 0 Å². The Hall–Kier alpha value is -2.41. The summed E-state index contributed by atoms with van der Waals surface area (Å²) >= 11 is 0. The van der Waals surface area contributed by atoms with E-state index in [9.17, 15) is 10.5 Å². The summed E-state index contributed by atoms with van der Waals surface area (Å²) in [5.74, 6) is -1.09. The molecule has 6 nitrogen and oxygen atoms in total. The number of benzene rings is 1. The number of nitrogens with one attached hydrogen (secondary N) is 1. The van der Waals surface area contributed by atoms with Gasteiger partial charge in [-0.2, -0.15) is 10.5 Å². The van der Waals surface area contributed by atoms with E-state index in [2.05, 4.69) is 17.1 Å². The molecule has 1 aromatic carbocycles. The van der Waals surface area contributed by atoms with E-state index in [0.29, 0.717) is 13.0 Å². The summed E-state index contributed by atoms with van der Waals surface area (Å²) in [6.45, 7) is 4.16. The van der Waals surface area contributed by atoms with Crippen molar-refractivity contribution in [2.75, 3.05) is 6.61 Å². The molecule has 3 aliphatic rings. The van der Waals surface area contributed by atoms with Gasteiger partial charge in [-0.25, -0.2) is 4.99 Å². The average molecular weight is 323 g/mol. The molecule has 4 rings (SSSR count). The average Bonchev–Trinajstić information content (AvgIpc) is 2.77. The third-order valence-corrected chi connectivity index (χ3v) is 5.98. The minimum atomic E-state index is -1.36. The van der Waals surface area contributed by atoms with Gasteiger partial charge >= 0.3 is 5.91 Å². The summed E-state index contributed by atoms with van der Waals surface area (Å²) in [4.78, 5) is 2.99. The largest absolute Gasteiger partial charge is 0.343 e. The van der Waals surface area contributed by atoms with Gasteiger partial charge in [0, 0.05) is 5.41 Å². The molecule has 2 fully saturated rings. The van der Waals surface area contributed by atoms with Crippen molar-refractivity contribution in [2.24, 2.45) is 22.0 Å². The van der Waals surface area contributed by atoms with Crippen LogP contribution in [0.5, 0.6) is 0 Å². The molecule has 1 saturated carbocycles. The third kappa shape index (κ3) is 1.28. The number of hydrogen-bond donors (Lipinski definition) is 2. The molecule has 2 aliphatic heterocycles. The molecule has 3 N–H and O–H groups in total. The van der Waals surface area contributed by atoms with Crippen LogP contribution in [0.1, 0.15) is 19.4 Å². The van der Waals surface area contributed by atoms with Crippen LogP contribution in [0, 0.1) is 38.9 Å². The minimum Gasteiger partial charge on any atom is -0.311 e. The van der Waals surface area contributed by atoms with Crippen LogP contribution in [0.4, 0.5) is 0 Å². The van der Waals surface area contributed by atoms with Crippen molar-refractivity contribution in [1.82, 2.24) is 0 Å². The predicted molar refractivity (Wildman–Crippen MR) is 83.7 cm³/mol. The number of rotatable bonds is 2. The third-order valence-electron chi connectivity index (χ3n) is 5.98. The lowest BCUT2D eigenvalue weighted by Gasteiger charge is -2.27. The lowest BCUT2D eigenvalue weighted by molar-refractivity contribution is -0.680. The Kier molecular flexibility index (Phi) is 2.75. The van der Waals surface area contributed by atoms with Gasteiger partial charge in [-0.15, -0.1) is 0 Å². The number of nitriles is 2. The Morgan fingerprint density at radius 1 is 1.29 bits per heavy atom. The molecule has 1 spiro atoms. The van der Waals surface area contributed by atoms with Crippen LogP contribution in [0.25, 0.3) is 0 Å². The number of hydrogen-bond acceptors (Lipinski definition) is 5. The number of amidine groups is 1. The van der Waals surface area contributed by atoms with Crippen molar-refractivity contribution in [1.29, 1.82) is 10.5 Å². The molecule has 122 valence electrons. The van der Waals surface area contributed by atoms with Crippen molar-refractivity contribution in [3.63, 3.8) is 0 Å². The first-order valence-corrected chi connectivity index (χ1v) is 8.02. The normalized spacial score (nSPS) is 45.3. The summed E-state index contributed by atoms with van der Waals surface area (Å²) in [7, 11) is 0. The molecule has 1 aliphatic carbocycles. The van der Waals surface area contributed by atoms with E-state index in [0.717, 1.165) is 5.56 Å². The number of nitrogens with two attached hydrogens (primary N) is 1. The molecule has 1 saturated heterocycles. The molecule has 0 radical (unpaired) electrons. The zero-order valence-electron chi connectivity index (χ0n) is 13.7. The minimum absolute atomic E-state index is 0.174. The smallest absolute Gasteiger partial charge is 0.311 e. The summed E-state index contributed by atoms with van der Waals surface area (Å²) in [5, 5.41) is 20.1. The highest BCUT2D eigenvalue weighted by molar-refractivity contribution is 5.95. The SMILES string of the molecule is C[C@@H]1CO[C@@]2([NH+]=C(N)[C@@]3(C#N)[C@](C)(Cc4ccccc4)[C@@]23C#N)O1. The molecule has 1 aromatic rings. The first kappa shape index (κ1) is 15.1. The molecule has 24 heavy (non-hydrogen) atoms. The topological polar surface area (TPSA) is 106 Å². The molecule has 0 bridgehead atoms. The monoisotopic (exact) mass is 323 g/mol. The van der Waals surface area contributed by atoms with Crippen LogP contribution in [0.2, 0.25) is 0 Å². The maximum absolute atomic E-state index is 10.1. The van der Waals surface area contributed by atoms with Gasteiger partial charge in [0.2, 0.25) is 0 Å². The fourth-order valence-corrected chi connectivity index (χ4v) is 4.92. The van der Waals surface area contributed by atoms with Crippen molar-refractivity contribution in [3.8, 4) is 12.1 Å². The Morgan fingerprint density at radius 3 is 2.54 bits per heavy atom. The zero-order chi connectivity index (χ0) is 17.2. The van der Waals surface area contributed by atoms with Crippen LogP contribution < -0.4 is 10.7 Å². The fraction of sp³-hybridized carbons (Fsp3) is 0.500. The molecule has 6 heteroatoms. The molecular formula is C18H19N4O2+. The Bertz CT molecular complexity index is 826. The van der Waals surface area contributed by atoms with Crippen molar-refractivity contribution in [2.45, 2.75) is 32.3 Å². The van der Waals surface area contributed by atoms with Gasteiger partial charge in [0.15, 0.2) is 10.8 Å². The summed E-state index contributed by atoms with van der Waals surface area (Å²) < 4.78 is 11.9. The van der Waals surface area contributed by atoms with Crippen LogP contribution in [0.3, 0.4) is 0 Å². The van der Waals surface area contributed by atoms with Gasteiger partial charge in [-0.3, -0.25) is 5.73 Å². The van der Waals surface area contributed by atoms with E-state index in [4.69, 9.17) is 15.2 Å². The Balaban J connectivity index is 1.87. The van der Waals surface area contributed by atoms with Gasteiger partial charge in [0.05, 0.1) is 24.8 Å². The maximum atomic E-state index is 10.1. The molecule has 0 unspecified atom stereocenters. The highest BCUT2D eigenvalue weighted by Gasteiger charge is 3.02. The first-order valence-electron chi connectivity index (χ1n) is 8.02. The van der Waals surface area contributed by atoms with Crippen LogP contribution >= 0.6 is 0 Å². The second kappa shape index (κ2) is 4.36. The summed E-state index contributed by atoms with van der Waals surface area (Å²) in [5.41, 5.74) is 4.24. The van der Waals surface area contributed by atoms with Crippen molar-refractivity contribution in [3.05, 3.63) is 35.9 Å². The van der Waals surface area contributed by atoms with Crippen LogP contribution in [-0.4, -0.2) is 24.5 Å². The molecule has 2 heterocycles. The predicted octanol–water partition coefficient (Wildman–Crippen LogP) is -0.191. The van der Waals surface area contributed by atoms with Gasteiger partial charge in [-0.05, 0) is 18.9 Å². The quantitative estimate of drug-likeness (QED) is 0.784. The lowest BCUT2D eigenvalue weighted by atomic mass is 9.85. The molecule has 5 atom stereocenters. The summed E-state index contributed by atoms with van der Waals surface area (Å²) in [6, 6.07) is 14.5. The zero-order valence-corrected chi connectivity index (χ0v) is 13.7. The number of ether oxygens (including phenoxy) is 2. The maximum Gasteiger partial charge on any atom is 0.343 e. The summed E-state index contributed by atoms with van der Waals surface area (Å²) in [6.07, 6.45) is 0.367. The second-order valence-corrected chi connectivity index (χ2v) is 7.11. The van der Waals surface area contributed by atoms with Gasteiger partial charge < -0.3 is 9.47 Å². The van der Waals surface area contributed by atoms with E-state index in [1.807, 2.05) is 44.2 Å². The van der Waals surface area contributed by atoms with E-state index in [-0.39, 0.29) is 11.9 Å². The lowest BCUT2D eigenvalue weighted by Crippen LogP contribution is -2.90. The van der Waals surface area contributed by atoms with Gasteiger partial charge in [0.25, 0.3) is 5.84 Å². The highest BCUT2D eigenvalue weighted by Crippen LogP contribution is 2.83. The number of nitrogens with zero attached hydrogens (tertiary/aromatic N) is 2. The fourth-order valence-electron chi connectivity index (χ4n) is 4.92. The van der Waals surface area contributed by atoms with E-state index in [1.165, 1.54) is 0 Å².